The zero-order valence-electron chi connectivity index (χ0n) is 19.1. The minimum Gasteiger partial charge on any atom is -0.497 e. The molecule has 0 radical (unpaired) electrons. The summed E-state index contributed by atoms with van der Waals surface area (Å²) >= 11 is 0. The minimum atomic E-state index is -1.68. The van der Waals surface area contributed by atoms with Gasteiger partial charge in [0.25, 0.3) is 0 Å². The number of benzene rings is 3. The second kappa shape index (κ2) is 10.1. The zero-order valence-corrected chi connectivity index (χ0v) is 19.1. The maximum absolute atomic E-state index is 14.3. The van der Waals surface area contributed by atoms with E-state index in [4.69, 9.17) is 9.47 Å². The first-order chi connectivity index (χ1) is 16.8. The first-order valence-electron chi connectivity index (χ1n) is 10.9. The Labute approximate surface area is 200 Å². The number of rotatable bonds is 6. The normalized spacial score (nSPS) is 17.7. The molecule has 1 saturated heterocycles. The summed E-state index contributed by atoms with van der Waals surface area (Å²) in [6.07, 6.45) is 0.210. The lowest BCUT2D eigenvalue weighted by Crippen LogP contribution is -2.47. The summed E-state index contributed by atoms with van der Waals surface area (Å²) in [7, 11) is 3.00. The summed E-state index contributed by atoms with van der Waals surface area (Å²) in [6.45, 7) is 0. The van der Waals surface area contributed by atoms with Crippen LogP contribution in [0.5, 0.6) is 11.5 Å². The highest BCUT2D eigenvalue weighted by molar-refractivity contribution is 6.00. The lowest BCUT2D eigenvalue weighted by atomic mass is 9.82. The van der Waals surface area contributed by atoms with E-state index >= 15 is 0 Å². The number of hydrogen-bond acceptors (Lipinski definition) is 4. The number of piperidine rings is 1. The molecular formula is C26H23F3N2O4. The van der Waals surface area contributed by atoms with Crippen molar-refractivity contribution in [1.29, 1.82) is 0 Å². The van der Waals surface area contributed by atoms with E-state index in [1.165, 1.54) is 19.1 Å². The van der Waals surface area contributed by atoms with Crippen LogP contribution in [0.2, 0.25) is 0 Å². The first kappa shape index (κ1) is 24.1. The molecule has 6 nitrogen and oxygen atoms in total. The van der Waals surface area contributed by atoms with E-state index in [-0.39, 0.29) is 18.7 Å². The quantitative estimate of drug-likeness (QED) is 0.486. The van der Waals surface area contributed by atoms with Gasteiger partial charge < -0.3 is 19.7 Å². The van der Waals surface area contributed by atoms with Crippen LogP contribution in [-0.2, 0) is 9.59 Å². The largest absolute Gasteiger partial charge is 0.497 e. The molecule has 3 aromatic rings. The molecule has 0 aromatic heterocycles. The molecule has 2 amide bonds. The van der Waals surface area contributed by atoms with E-state index in [1.807, 2.05) is 0 Å². The Morgan fingerprint density at radius 3 is 2.34 bits per heavy atom. The lowest BCUT2D eigenvalue weighted by molar-refractivity contribution is -0.126. The number of anilines is 2. The molecule has 1 heterocycles. The highest BCUT2D eigenvalue weighted by atomic mass is 19.2. The number of carbonyl (C=O) groups is 2. The average Bonchev–Trinajstić information content (AvgIpc) is 2.88. The van der Waals surface area contributed by atoms with Gasteiger partial charge in [0.2, 0.25) is 11.8 Å². The molecule has 4 rings (SSSR count). The predicted octanol–water partition coefficient (Wildman–Crippen LogP) is 5.24. The summed E-state index contributed by atoms with van der Waals surface area (Å²) in [5.74, 6) is -5.18. The Morgan fingerprint density at radius 1 is 0.943 bits per heavy atom. The Kier molecular flexibility index (Phi) is 6.95. The number of nitrogens with zero attached hydrogens (tertiary/aromatic N) is 1. The van der Waals surface area contributed by atoms with Crippen molar-refractivity contribution >= 4 is 23.2 Å². The molecule has 0 bridgehead atoms. The number of hydrogen-bond donors (Lipinski definition) is 1. The molecule has 1 aliphatic rings. The van der Waals surface area contributed by atoms with Crippen molar-refractivity contribution < 1.29 is 32.2 Å². The molecule has 0 spiro atoms. The Balaban J connectivity index is 1.78. The van der Waals surface area contributed by atoms with Crippen molar-refractivity contribution in [3.05, 3.63) is 83.7 Å². The van der Waals surface area contributed by atoms with Gasteiger partial charge in [-0.1, -0.05) is 18.2 Å². The van der Waals surface area contributed by atoms with Gasteiger partial charge in [0.1, 0.15) is 11.5 Å². The van der Waals surface area contributed by atoms with Crippen molar-refractivity contribution in [2.24, 2.45) is 5.92 Å². The van der Waals surface area contributed by atoms with Crippen molar-refractivity contribution in [2.45, 2.75) is 18.9 Å². The monoisotopic (exact) mass is 484 g/mol. The molecule has 9 heteroatoms. The molecule has 2 atom stereocenters. The summed E-state index contributed by atoms with van der Waals surface area (Å²) in [6, 6.07) is 14.7. The predicted molar refractivity (Wildman–Crippen MR) is 124 cm³/mol. The Morgan fingerprint density at radius 2 is 1.66 bits per heavy atom. The Bertz CT molecular complexity index is 1250. The second-order valence-corrected chi connectivity index (χ2v) is 8.01. The number of para-hydroxylation sites is 1. The van der Waals surface area contributed by atoms with Crippen LogP contribution in [-0.4, -0.2) is 26.0 Å². The second-order valence-electron chi connectivity index (χ2n) is 8.01. The van der Waals surface area contributed by atoms with E-state index in [9.17, 15) is 22.8 Å². The van der Waals surface area contributed by atoms with Crippen LogP contribution in [0.4, 0.5) is 24.5 Å². The fourth-order valence-corrected chi connectivity index (χ4v) is 4.33. The van der Waals surface area contributed by atoms with Gasteiger partial charge >= 0.3 is 0 Å². The SMILES string of the molecule is COc1ccc(N2C(=O)CCC(C(=O)Nc3ccc(F)c(F)c3F)C2c2ccccc2OC)cc1. The summed E-state index contributed by atoms with van der Waals surface area (Å²) in [4.78, 5) is 28.1. The van der Waals surface area contributed by atoms with Gasteiger partial charge in [-0.2, -0.15) is 0 Å². The molecule has 1 fully saturated rings. The van der Waals surface area contributed by atoms with Crippen LogP contribution in [0.25, 0.3) is 0 Å². The molecule has 182 valence electrons. The molecule has 0 aliphatic carbocycles. The zero-order chi connectivity index (χ0) is 25.1. The van der Waals surface area contributed by atoms with Crippen molar-refractivity contribution in [1.82, 2.24) is 0 Å². The molecule has 1 aliphatic heterocycles. The maximum atomic E-state index is 14.3. The van der Waals surface area contributed by atoms with Crippen molar-refractivity contribution in [3.63, 3.8) is 0 Å². The number of amides is 2. The third kappa shape index (κ3) is 4.66. The molecular weight excluding hydrogens is 461 g/mol. The smallest absolute Gasteiger partial charge is 0.230 e. The van der Waals surface area contributed by atoms with Crippen molar-refractivity contribution in [3.8, 4) is 11.5 Å². The van der Waals surface area contributed by atoms with Crippen LogP contribution in [0.15, 0.2) is 60.7 Å². The number of nitrogens with one attached hydrogen (secondary N) is 1. The maximum Gasteiger partial charge on any atom is 0.230 e. The van der Waals surface area contributed by atoms with E-state index in [2.05, 4.69) is 5.32 Å². The fraction of sp³-hybridized carbons (Fsp3) is 0.231. The van der Waals surface area contributed by atoms with Crippen LogP contribution in [0, 0.1) is 23.4 Å². The van der Waals surface area contributed by atoms with E-state index in [0.29, 0.717) is 22.7 Å². The summed E-state index contributed by atoms with van der Waals surface area (Å²) in [5.41, 5.74) is 0.619. The van der Waals surface area contributed by atoms with E-state index in [1.54, 1.807) is 48.5 Å². The summed E-state index contributed by atoms with van der Waals surface area (Å²) < 4.78 is 52.1. The fourth-order valence-electron chi connectivity index (χ4n) is 4.33. The molecule has 3 aromatic carbocycles. The van der Waals surface area contributed by atoms with Gasteiger partial charge in [-0.05, 0) is 48.9 Å². The average molecular weight is 484 g/mol. The highest BCUT2D eigenvalue weighted by Crippen LogP contribution is 2.43. The van der Waals surface area contributed by atoms with Gasteiger partial charge in [-0.25, -0.2) is 13.2 Å². The third-order valence-corrected chi connectivity index (χ3v) is 6.04. The van der Waals surface area contributed by atoms with Crippen molar-refractivity contribution in [2.75, 3.05) is 24.4 Å². The van der Waals surface area contributed by atoms with Crippen LogP contribution < -0.4 is 19.7 Å². The number of halogens is 3. The number of methoxy groups -OCH3 is 2. The number of carbonyl (C=O) groups excluding carboxylic acids is 2. The topological polar surface area (TPSA) is 67.9 Å². The highest BCUT2D eigenvalue weighted by Gasteiger charge is 2.43. The van der Waals surface area contributed by atoms with Gasteiger partial charge in [-0.15, -0.1) is 0 Å². The van der Waals surface area contributed by atoms with E-state index < -0.39 is 41.0 Å². The molecule has 2 unspecified atom stereocenters. The minimum absolute atomic E-state index is 0.0516. The Hall–Kier alpha value is -4.01. The van der Waals surface area contributed by atoms with Crippen LogP contribution in [0.1, 0.15) is 24.4 Å². The molecule has 35 heavy (non-hydrogen) atoms. The molecule has 1 N–H and O–H groups in total. The van der Waals surface area contributed by atoms with E-state index in [0.717, 1.165) is 12.1 Å². The summed E-state index contributed by atoms with van der Waals surface area (Å²) in [5, 5.41) is 2.37. The number of ether oxygens (including phenoxy) is 2. The van der Waals surface area contributed by atoms with Gasteiger partial charge in [0.05, 0.1) is 31.9 Å². The lowest BCUT2D eigenvalue weighted by Gasteiger charge is -2.41. The van der Waals surface area contributed by atoms with Crippen LogP contribution in [0.3, 0.4) is 0 Å². The van der Waals surface area contributed by atoms with Crippen LogP contribution >= 0.6 is 0 Å². The first-order valence-corrected chi connectivity index (χ1v) is 10.9. The molecule has 0 saturated carbocycles. The van der Waals surface area contributed by atoms with Gasteiger partial charge in [0.15, 0.2) is 17.5 Å². The third-order valence-electron chi connectivity index (χ3n) is 6.04. The van der Waals surface area contributed by atoms with Gasteiger partial charge in [-0.3, -0.25) is 9.59 Å². The van der Waals surface area contributed by atoms with Gasteiger partial charge in [0, 0.05) is 17.7 Å². The standard InChI is InChI=1S/C26H23F3N2O4/c1-34-16-9-7-15(8-10-16)31-22(32)14-11-18(25(31)17-5-3-4-6-21(17)35-2)26(33)30-20-13-12-19(27)23(28)24(20)29/h3-10,12-13,18,25H,11,14H2,1-2H3,(H,30,33).